The molecule has 0 fully saturated rings. The van der Waals surface area contributed by atoms with Gasteiger partial charge >= 0.3 is 24.5 Å². The molecule has 300 valence electrons. The fourth-order valence-electron chi connectivity index (χ4n) is 5.06. The number of aliphatic hydroxyl groups is 1. The van der Waals surface area contributed by atoms with Crippen molar-refractivity contribution in [1.82, 2.24) is 40.4 Å². The van der Waals surface area contributed by atoms with Gasteiger partial charge in [0.25, 0.3) is 0 Å². The second-order valence-corrected chi connectivity index (χ2v) is 11.8. The third-order valence-electron chi connectivity index (χ3n) is 7.61. The summed E-state index contributed by atoms with van der Waals surface area (Å²) in [6.45, 7) is 0.354. The summed E-state index contributed by atoms with van der Waals surface area (Å²) >= 11 is 0. The zero-order valence-corrected chi connectivity index (χ0v) is 29.7. The Balaban J connectivity index is 0.000000232. The minimum Gasteiger partial charge on any atom is -0.448 e. The highest BCUT2D eigenvalue weighted by molar-refractivity contribution is 5.69. The van der Waals surface area contributed by atoms with Crippen LogP contribution in [0.5, 0.6) is 0 Å². The number of carbonyl (C=O) groups excluding carboxylic acids is 2. The van der Waals surface area contributed by atoms with Crippen molar-refractivity contribution in [2.75, 3.05) is 13.2 Å². The number of primary amides is 3. The van der Waals surface area contributed by atoms with E-state index in [-0.39, 0.29) is 26.3 Å². The first-order chi connectivity index (χ1) is 27.0. The highest BCUT2D eigenvalue weighted by Crippen LogP contribution is 2.31. The molecule has 0 radical (unpaired) electrons. The summed E-state index contributed by atoms with van der Waals surface area (Å²) < 4.78 is 80.7. The van der Waals surface area contributed by atoms with E-state index in [1.165, 1.54) is 33.9 Å². The Hall–Kier alpha value is -6.90. The fourth-order valence-corrected chi connectivity index (χ4v) is 5.06. The van der Waals surface area contributed by atoms with Crippen LogP contribution in [-0.2, 0) is 43.0 Å². The zero-order valence-electron chi connectivity index (χ0n) is 29.7. The van der Waals surface area contributed by atoms with Crippen molar-refractivity contribution < 1.29 is 45.8 Å². The van der Waals surface area contributed by atoms with Crippen LogP contribution in [0.3, 0.4) is 0 Å². The average molecular weight is 800 g/mol. The van der Waals surface area contributed by atoms with Gasteiger partial charge in [0.1, 0.15) is 6.61 Å². The highest BCUT2D eigenvalue weighted by Gasteiger charge is 2.30. The molecule has 0 aliphatic heterocycles. The lowest BCUT2D eigenvalue weighted by molar-refractivity contribution is -0.138. The molecule has 15 nitrogen and oxygen atoms in total. The summed E-state index contributed by atoms with van der Waals surface area (Å²) in [5.74, 6) is 0.776. The molecule has 4 aromatic carbocycles. The minimum atomic E-state index is -4.36. The van der Waals surface area contributed by atoms with Crippen LogP contribution in [0, 0.1) is 0 Å². The number of benzene rings is 4. The number of halogens is 6. The molecule has 6 rings (SSSR count). The van der Waals surface area contributed by atoms with E-state index in [1.807, 2.05) is 42.5 Å². The van der Waals surface area contributed by atoms with E-state index in [2.05, 4.69) is 47.0 Å². The zero-order chi connectivity index (χ0) is 41.6. The van der Waals surface area contributed by atoms with Gasteiger partial charge in [0.15, 0.2) is 0 Å². The van der Waals surface area contributed by atoms with E-state index in [9.17, 15) is 31.1 Å². The van der Waals surface area contributed by atoms with Gasteiger partial charge in [-0.1, -0.05) is 72.8 Å². The predicted molar refractivity (Wildman–Crippen MR) is 191 cm³/mol. The monoisotopic (exact) mass is 799 g/mol. The number of rotatable bonds is 11. The van der Waals surface area contributed by atoms with Crippen LogP contribution < -0.4 is 17.2 Å². The molecule has 3 amide bonds. The largest absolute Gasteiger partial charge is 0.448 e. The molecule has 0 saturated heterocycles. The third kappa shape index (κ3) is 13.4. The maximum atomic E-state index is 12.7. The lowest BCUT2D eigenvalue weighted by atomic mass is 9.98. The van der Waals surface area contributed by atoms with E-state index >= 15 is 0 Å². The first-order valence-electron chi connectivity index (χ1n) is 16.7. The van der Waals surface area contributed by atoms with Crippen molar-refractivity contribution in [2.24, 2.45) is 17.2 Å². The van der Waals surface area contributed by atoms with Gasteiger partial charge in [-0.15, -0.1) is 20.4 Å². The average Bonchev–Trinajstić information content (AvgIpc) is 3.82. The summed E-state index contributed by atoms with van der Waals surface area (Å²) in [7, 11) is 0. The van der Waals surface area contributed by atoms with Crippen molar-refractivity contribution in [2.45, 2.75) is 38.3 Å². The first kappa shape index (κ1) is 42.8. The van der Waals surface area contributed by atoms with Crippen LogP contribution in [0.25, 0.3) is 22.8 Å². The van der Waals surface area contributed by atoms with Crippen LogP contribution in [-0.4, -0.2) is 70.9 Å². The molecule has 0 unspecified atom stereocenters. The summed E-state index contributed by atoms with van der Waals surface area (Å²) in [6, 6.07) is 24.0. The van der Waals surface area contributed by atoms with Gasteiger partial charge in [-0.05, 0) is 69.8 Å². The Morgan fingerprint density at radius 3 is 1.37 bits per heavy atom. The Morgan fingerprint density at radius 1 is 0.614 bits per heavy atom. The van der Waals surface area contributed by atoms with Crippen molar-refractivity contribution in [1.29, 1.82) is 0 Å². The molecule has 0 saturated carbocycles. The van der Waals surface area contributed by atoms with Crippen LogP contribution in [0.1, 0.15) is 33.4 Å². The number of tetrazole rings is 2. The van der Waals surface area contributed by atoms with E-state index in [4.69, 9.17) is 15.6 Å². The quantitative estimate of drug-likeness (QED) is 0.128. The highest BCUT2D eigenvalue weighted by atomic mass is 19.4. The molecule has 21 heteroatoms. The second-order valence-electron chi connectivity index (χ2n) is 11.8. The van der Waals surface area contributed by atoms with Gasteiger partial charge in [-0.2, -0.15) is 35.9 Å². The van der Waals surface area contributed by atoms with Gasteiger partial charge < -0.3 is 27.0 Å². The number of nitrogens with zero attached hydrogens (tertiary/aromatic N) is 8. The number of ether oxygens (including phenoxy) is 1. The molecule has 0 bridgehead atoms. The van der Waals surface area contributed by atoms with Gasteiger partial charge in [-0.25, -0.2) is 9.59 Å². The standard InChI is InChI=1S/C18H16F3N5O2.C17H15F3N4O.CH4N2O/c19-18(20,21)14-7-5-12(6-8-14)11-13-3-1-2-4-15(13)16-23-25-26(24-16)9-10-28-17(22)27;18-17(19,20)14-7-5-12(6-8-14)11-13-3-1-2-4-15(13)16-21-23-24(22-16)9-10-25;2-1(3)4/h1-8H,9-11H2,(H2,22,27);1-8,25H,9-11H2;(H4,2,3,4). The van der Waals surface area contributed by atoms with Crippen molar-refractivity contribution in [3.05, 3.63) is 130 Å². The molecule has 0 aliphatic rings. The van der Waals surface area contributed by atoms with Gasteiger partial charge in [0, 0.05) is 11.1 Å². The van der Waals surface area contributed by atoms with Gasteiger partial charge in [0.2, 0.25) is 11.6 Å². The molecular formula is C36H35F6N11O4. The smallest absolute Gasteiger partial charge is 0.416 e. The molecule has 0 atom stereocenters. The number of nitrogens with two attached hydrogens (primary N) is 3. The predicted octanol–water partition coefficient (Wildman–Crippen LogP) is 5.01. The number of hydrogen-bond donors (Lipinski definition) is 4. The topological polar surface area (TPSA) is 229 Å². The lowest BCUT2D eigenvalue weighted by Crippen LogP contribution is -2.18. The number of carbonyl (C=O) groups is 2. The molecular weight excluding hydrogens is 764 g/mol. The number of aliphatic hydroxyl groups excluding tert-OH is 1. The third-order valence-corrected chi connectivity index (χ3v) is 7.61. The summed E-state index contributed by atoms with van der Waals surface area (Å²) in [6.07, 6.45) is -8.73. The van der Waals surface area contributed by atoms with E-state index in [0.717, 1.165) is 52.1 Å². The van der Waals surface area contributed by atoms with Crippen LogP contribution in [0.15, 0.2) is 97.1 Å². The summed E-state index contributed by atoms with van der Waals surface area (Å²) in [4.78, 5) is 22.1. The van der Waals surface area contributed by atoms with Crippen molar-refractivity contribution in [3.63, 3.8) is 0 Å². The van der Waals surface area contributed by atoms with Crippen molar-refractivity contribution in [3.8, 4) is 22.8 Å². The minimum absolute atomic E-state index is 0.0122. The van der Waals surface area contributed by atoms with Gasteiger partial charge in [0.05, 0.1) is 30.8 Å². The summed E-state index contributed by atoms with van der Waals surface area (Å²) in [5, 5.41) is 33.1. The van der Waals surface area contributed by atoms with Crippen LogP contribution >= 0.6 is 0 Å². The molecule has 7 N–H and O–H groups in total. The number of amides is 3. The van der Waals surface area contributed by atoms with Crippen LogP contribution in [0.2, 0.25) is 0 Å². The first-order valence-corrected chi connectivity index (χ1v) is 16.7. The molecule has 57 heavy (non-hydrogen) atoms. The molecule has 0 spiro atoms. The number of urea groups is 1. The normalized spacial score (nSPS) is 11.1. The Bertz CT molecular complexity index is 2200. The number of aromatic nitrogens is 8. The van der Waals surface area contributed by atoms with Crippen LogP contribution in [0.4, 0.5) is 35.9 Å². The second kappa shape index (κ2) is 19.6. The van der Waals surface area contributed by atoms with E-state index in [0.29, 0.717) is 30.1 Å². The SMILES string of the molecule is NC(=O)OCCn1nnc(-c2ccccc2Cc2ccc(C(F)(F)F)cc2)n1.NC(N)=O.OCCn1nnc(-c2ccccc2Cc2ccc(C(F)(F)F)cc2)n1. The summed E-state index contributed by atoms with van der Waals surface area (Å²) in [5.41, 5.74) is 16.7. The van der Waals surface area contributed by atoms with E-state index in [1.54, 1.807) is 6.07 Å². The Morgan fingerprint density at radius 2 is 1.00 bits per heavy atom. The number of alkyl halides is 6. The molecule has 0 aliphatic carbocycles. The Labute approximate surface area is 320 Å². The van der Waals surface area contributed by atoms with E-state index < -0.39 is 35.6 Å². The van der Waals surface area contributed by atoms with Gasteiger partial charge in [-0.3, -0.25) is 0 Å². The molecule has 2 heterocycles. The maximum Gasteiger partial charge on any atom is 0.416 e. The maximum absolute atomic E-state index is 12.7. The van der Waals surface area contributed by atoms with Crippen molar-refractivity contribution >= 4 is 12.1 Å². The number of hydrogen-bond acceptors (Lipinski definition) is 10. The molecule has 6 aromatic rings. The fraction of sp³-hybridized carbons (Fsp3) is 0.222. The lowest BCUT2D eigenvalue weighted by Gasteiger charge is -2.09. The molecule has 2 aromatic heterocycles. The Kier molecular flexibility index (Phi) is 14.7.